The van der Waals surface area contributed by atoms with Crippen LogP contribution in [0, 0.1) is 5.92 Å². The number of nitrogens with one attached hydrogen (secondary N) is 1. The Morgan fingerprint density at radius 2 is 2.15 bits per heavy atom. The number of allylic oxidation sites excluding steroid dienone is 1. The molecule has 0 amide bonds. The first-order chi connectivity index (χ1) is 22.4. The normalized spacial score (nSPS) is 26.5. The summed E-state index contributed by atoms with van der Waals surface area (Å²) in [6.45, 7) is 4.02. The van der Waals surface area contributed by atoms with Gasteiger partial charge < -0.3 is 25.6 Å². The van der Waals surface area contributed by atoms with E-state index in [1.807, 2.05) is 12.1 Å². The molecule has 46 heavy (non-hydrogen) atoms. The van der Waals surface area contributed by atoms with E-state index in [4.69, 9.17) is 15.5 Å². The number of aliphatic imine (C=N–C) groups is 1. The van der Waals surface area contributed by atoms with Gasteiger partial charge in [0.05, 0.1) is 24.5 Å². The van der Waals surface area contributed by atoms with Crippen LogP contribution in [0.4, 0.5) is 0 Å². The van der Waals surface area contributed by atoms with Gasteiger partial charge in [0, 0.05) is 42.8 Å². The highest BCUT2D eigenvalue weighted by molar-refractivity contribution is 6.10. The highest BCUT2D eigenvalue weighted by atomic mass is 16.5. The van der Waals surface area contributed by atoms with Crippen LogP contribution >= 0.6 is 0 Å². The second-order valence-corrected chi connectivity index (χ2v) is 14.1. The second kappa shape index (κ2) is 13.0. The van der Waals surface area contributed by atoms with Crippen molar-refractivity contribution in [2.45, 2.75) is 101 Å². The number of nitrogens with zero attached hydrogens (tertiary/aromatic N) is 2. The summed E-state index contributed by atoms with van der Waals surface area (Å²) in [4.78, 5) is 19.5. The smallest absolute Gasteiger partial charge is 0.163 e. The zero-order valence-electron chi connectivity index (χ0n) is 27.0. The van der Waals surface area contributed by atoms with E-state index in [9.17, 15) is 15.0 Å². The number of fused-ring (bicyclic) bond motifs is 3. The molecule has 3 aliphatic heterocycles. The highest BCUT2D eigenvalue weighted by Gasteiger charge is 2.55. The third-order valence-electron chi connectivity index (χ3n) is 11.1. The molecule has 0 bridgehead atoms. The number of aromatic hydroxyl groups is 1. The Labute approximate surface area is 272 Å². The lowest BCUT2D eigenvalue weighted by molar-refractivity contribution is -0.121. The molecule has 0 radical (unpaired) electrons. The Morgan fingerprint density at radius 1 is 1.26 bits per heavy atom. The minimum atomic E-state index is -0.561. The van der Waals surface area contributed by atoms with Crippen LogP contribution in [0.3, 0.4) is 0 Å². The zero-order chi connectivity index (χ0) is 31.8. The molecular weight excluding hydrogens is 576 g/mol. The van der Waals surface area contributed by atoms with E-state index in [1.54, 1.807) is 6.07 Å². The van der Waals surface area contributed by atoms with E-state index >= 15 is 0 Å². The molecule has 0 unspecified atom stereocenters. The third kappa shape index (κ3) is 5.69. The lowest BCUT2D eigenvalue weighted by atomic mass is 9.56. The molecule has 5 N–H and O–H groups in total. The van der Waals surface area contributed by atoms with Crippen molar-refractivity contribution in [1.82, 2.24) is 10.2 Å². The Hall–Kier alpha value is -3.46. The molecule has 1 saturated carbocycles. The molecule has 0 spiro atoms. The molecule has 5 atom stereocenters. The van der Waals surface area contributed by atoms with Crippen LogP contribution in [0.2, 0.25) is 0 Å². The fraction of sp³-hybridized carbons (Fsp3) is 0.526. The number of benzene rings is 2. The number of phenolic OH excluding ortho intramolecular Hbond substituents is 1. The van der Waals surface area contributed by atoms with Gasteiger partial charge in [0.2, 0.25) is 0 Å². The first-order valence-electron chi connectivity index (χ1n) is 17.4. The fourth-order valence-corrected chi connectivity index (χ4v) is 8.90. The maximum absolute atomic E-state index is 12.5. The Bertz CT molecular complexity index is 1580. The first-order valence-corrected chi connectivity index (χ1v) is 17.4. The summed E-state index contributed by atoms with van der Waals surface area (Å²) in [5.41, 5.74) is 15.3. The molecule has 0 aromatic heterocycles. The number of carbonyl (C=O) groups is 1. The van der Waals surface area contributed by atoms with E-state index in [-0.39, 0.29) is 36.3 Å². The number of Topliss-reactive ketones (excluding diaryl/α,β-unsaturated/α-hetero) is 1. The second-order valence-electron chi connectivity index (χ2n) is 14.1. The van der Waals surface area contributed by atoms with Gasteiger partial charge in [0.25, 0.3) is 0 Å². The van der Waals surface area contributed by atoms with E-state index < -0.39 is 6.10 Å². The van der Waals surface area contributed by atoms with Crippen LogP contribution in [-0.4, -0.2) is 52.5 Å². The van der Waals surface area contributed by atoms with E-state index in [2.05, 4.69) is 47.7 Å². The number of carbonyl (C=O) groups excluding carboxylic acids is 1. The summed E-state index contributed by atoms with van der Waals surface area (Å²) in [5, 5.41) is 24.3. The molecule has 1 fully saturated rings. The maximum Gasteiger partial charge on any atom is 0.163 e. The summed E-state index contributed by atoms with van der Waals surface area (Å²) in [7, 11) is 0. The lowest BCUT2D eigenvalue weighted by Crippen LogP contribution is -2.46. The molecule has 7 rings (SSSR count). The molecule has 8 heteroatoms. The monoisotopic (exact) mass is 624 g/mol. The van der Waals surface area contributed by atoms with E-state index in [0.717, 1.165) is 43.5 Å². The van der Waals surface area contributed by atoms with Gasteiger partial charge in [-0.3, -0.25) is 15.1 Å². The molecule has 5 aliphatic rings. The predicted octanol–water partition coefficient (Wildman–Crippen LogP) is 5.89. The van der Waals surface area contributed by atoms with Crippen molar-refractivity contribution in [3.05, 3.63) is 82.2 Å². The average Bonchev–Trinajstić information content (AvgIpc) is 3.77. The van der Waals surface area contributed by atoms with Crippen LogP contribution in [0.15, 0.2) is 64.9 Å². The number of hydrogen-bond acceptors (Lipinski definition) is 8. The minimum absolute atomic E-state index is 0.0392. The molecule has 2 aromatic rings. The largest absolute Gasteiger partial charge is 0.504 e. The minimum Gasteiger partial charge on any atom is -0.504 e. The van der Waals surface area contributed by atoms with Crippen molar-refractivity contribution in [3.8, 4) is 11.5 Å². The van der Waals surface area contributed by atoms with E-state index in [0.29, 0.717) is 43.4 Å². The number of rotatable bonds is 13. The van der Waals surface area contributed by atoms with Crippen LogP contribution in [0.25, 0.3) is 0 Å². The van der Waals surface area contributed by atoms with E-state index in [1.165, 1.54) is 47.1 Å². The first kappa shape index (κ1) is 31.2. The predicted molar refractivity (Wildman–Crippen MR) is 180 cm³/mol. The van der Waals surface area contributed by atoms with Crippen molar-refractivity contribution >= 4 is 11.5 Å². The lowest BCUT2D eigenvalue weighted by Gasteiger charge is -2.48. The van der Waals surface area contributed by atoms with Gasteiger partial charge >= 0.3 is 0 Å². The van der Waals surface area contributed by atoms with Crippen molar-refractivity contribution in [2.75, 3.05) is 19.8 Å². The zero-order valence-corrected chi connectivity index (χ0v) is 27.0. The quantitative estimate of drug-likeness (QED) is 0.205. The maximum atomic E-state index is 12.5. The number of aliphatic hydroxyl groups is 1. The van der Waals surface area contributed by atoms with Crippen molar-refractivity contribution in [2.24, 2.45) is 16.6 Å². The van der Waals surface area contributed by atoms with Gasteiger partial charge in [-0.2, -0.15) is 0 Å². The van der Waals surface area contributed by atoms with Crippen molar-refractivity contribution < 1.29 is 19.7 Å². The van der Waals surface area contributed by atoms with Gasteiger partial charge in [-0.05, 0) is 83.9 Å². The number of nitrogens with two attached hydrogens (primary N) is 1. The van der Waals surface area contributed by atoms with Crippen molar-refractivity contribution in [3.63, 3.8) is 0 Å². The molecule has 2 aliphatic carbocycles. The van der Waals surface area contributed by atoms with Gasteiger partial charge in [0.1, 0.15) is 5.78 Å². The molecule has 244 valence electrons. The summed E-state index contributed by atoms with van der Waals surface area (Å²) in [5.74, 6) is 1.64. The van der Waals surface area contributed by atoms with Crippen LogP contribution in [-0.2, 0) is 16.6 Å². The van der Waals surface area contributed by atoms with Crippen LogP contribution in [0.1, 0.15) is 105 Å². The topological polar surface area (TPSA) is 120 Å². The standard InChI is InChI=1S/C38H48N4O4/c1-2-3-4-8-27(43)18-28(44)13-11-24-12-14-34(45)35(16-24)46-23-42-21-30-32(20-40-33(30)22-42)38-15-6-7-26(38)17-25-19-41-37(39)29-9-5-10-31(38)36(25)29/h5,9-10,12,14,16,20-21,25-27,37,41,43,45H,2-4,6-8,11,13,15,17-19,22-23,39H2,1H3/t25-,26+,27+,37-,38-/m0/s1. The number of unbranched alkanes of at least 4 members (excludes halogenated alkanes) is 2. The Kier molecular flexibility index (Phi) is 8.79. The fourth-order valence-electron chi connectivity index (χ4n) is 8.90. The summed E-state index contributed by atoms with van der Waals surface area (Å²) in [6.07, 6.45) is 13.3. The number of phenols is 1. The molecule has 3 heterocycles. The van der Waals surface area contributed by atoms with Gasteiger partial charge in [-0.15, -0.1) is 0 Å². The van der Waals surface area contributed by atoms with Crippen LogP contribution < -0.4 is 15.8 Å². The average molecular weight is 625 g/mol. The summed E-state index contributed by atoms with van der Waals surface area (Å²) < 4.78 is 6.15. The Balaban J connectivity index is 1.02. The van der Waals surface area contributed by atoms with Gasteiger partial charge in [-0.1, -0.05) is 56.9 Å². The summed E-state index contributed by atoms with van der Waals surface area (Å²) >= 11 is 0. The molecule has 0 saturated heterocycles. The van der Waals surface area contributed by atoms with Crippen molar-refractivity contribution in [1.29, 1.82) is 0 Å². The Morgan fingerprint density at radius 3 is 3.02 bits per heavy atom. The molecular formula is C38H48N4O4. The summed E-state index contributed by atoms with van der Waals surface area (Å²) in [6, 6.07) is 12.0. The van der Waals surface area contributed by atoms with Gasteiger partial charge in [0.15, 0.2) is 18.2 Å². The molecule has 8 nitrogen and oxygen atoms in total. The number of aryl methyl sites for hydroxylation is 1. The third-order valence-corrected chi connectivity index (χ3v) is 11.1. The molecule has 2 aromatic carbocycles. The number of ketones is 1. The number of hydrogen-bond donors (Lipinski definition) is 4. The van der Waals surface area contributed by atoms with Gasteiger partial charge in [-0.25, -0.2) is 0 Å². The van der Waals surface area contributed by atoms with Crippen LogP contribution in [0.5, 0.6) is 11.5 Å². The SMILES string of the molecule is CCCCC[C@@H](O)CC(=O)CCc1ccc(O)c(OCN2C=C3C([C@@]45CCC[C@@H]4C[C@H]4CN[C@H](N)c6cccc5c64)=CN=C3C2)c1. The number of aliphatic hydroxyl groups excluding tert-OH is 1. The highest BCUT2D eigenvalue weighted by Crippen LogP contribution is 2.61. The number of ether oxygens (including phenoxy) is 1.